The van der Waals surface area contributed by atoms with E-state index in [4.69, 9.17) is 11.6 Å². The molecule has 2 rings (SSSR count). The number of nitrogens with zero attached hydrogens (tertiary/aromatic N) is 2. The van der Waals surface area contributed by atoms with Crippen LogP contribution in [0.5, 0.6) is 0 Å². The molecule has 0 amide bonds. The van der Waals surface area contributed by atoms with Gasteiger partial charge in [-0.15, -0.1) is 0 Å². The van der Waals surface area contributed by atoms with Crippen molar-refractivity contribution < 1.29 is 0 Å². The Balaban J connectivity index is 2.04. The Labute approximate surface area is 89.4 Å². The second kappa shape index (κ2) is 4.32. The smallest absolute Gasteiger partial charge is 0.130 e. The molecule has 0 spiro atoms. The summed E-state index contributed by atoms with van der Waals surface area (Å²) in [5, 5.41) is 8.54. The van der Waals surface area contributed by atoms with Gasteiger partial charge in [0.2, 0.25) is 0 Å². The Bertz CT molecular complexity index is 302. The van der Waals surface area contributed by atoms with Gasteiger partial charge in [-0.3, -0.25) is 4.68 Å². The maximum absolute atomic E-state index is 6.18. The van der Waals surface area contributed by atoms with Crippen LogP contribution >= 0.6 is 11.6 Å². The highest BCUT2D eigenvalue weighted by atomic mass is 35.5. The van der Waals surface area contributed by atoms with Crippen molar-refractivity contribution in [1.29, 1.82) is 0 Å². The molecule has 0 aromatic carbocycles. The largest absolute Gasteiger partial charge is 0.312 e. The van der Waals surface area contributed by atoms with Gasteiger partial charge >= 0.3 is 0 Å². The zero-order chi connectivity index (χ0) is 9.97. The molecule has 14 heavy (non-hydrogen) atoms. The van der Waals surface area contributed by atoms with Gasteiger partial charge in [-0.25, -0.2) is 0 Å². The predicted molar refractivity (Wildman–Crippen MR) is 57.6 cm³/mol. The zero-order valence-electron chi connectivity index (χ0n) is 8.46. The third-order valence-electron chi connectivity index (χ3n) is 2.78. The van der Waals surface area contributed by atoms with Gasteiger partial charge in [0.15, 0.2) is 0 Å². The minimum absolute atomic E-state index is 0.553. The molecule has 78 valence electrons. The maximum atomic E-state index is 6.18. The van der Waals surface area contributed by atoms with Gasteiger partial charge in [-0.2, -0.15) is 5.10 Å². The molecule has 1 aliphatic rings. The number of hydrogen-bond donors (Lipinski definition) is 1. The summed E-state index contributed by atoms with van der Waals surface area (Å²) in [6.07, 6.45) is 5.33. The summed E-state index contributed by atoms with van der Waals surface area (Å²) in [6.45, 7) is 4.13. The fourth-order valence-electron chi connectivity index (χ4n) is 1.89. The minimum Gasteiger partial charge on any atom is -0.312 e. The molecule has 1 N–H and O–H groups in total. The van der Waals surface area contributed by atoms with Gasteiger partial charge in [-0.05, 0) is 25.8 Å². The minimum atomic E-state index is 0.553. The van der Waals surface area contributed by atoms with Crippen molar-refractivity contribution in [2.24, 2.45) is 0 Å². The summed E-state index contributed by atoms with van der Waals surface area (Å²) >= 11 is 6.18. The topological polar surface area (TPSA) is 29.9 Å². The summed E-state index contributed by atoms with van der Waals surface area (Å²) in [6, 6.07) is 0.553. The van der Waals surface area contributed by atoms with Crippen LogP contribution in [0.1, 0.15) is 25.3 Å². The van der Waals surface area contributed by atoms with Crippen molar-refractivity contribution in [3.63, 3.8) is 0 Å². The first-order valence-electron chi connectivity index (χ1n) is 5.25. The van der Waals surface area contributed by atoms with Gasteiger partial charge in [0, 0.05) is 11.6 Å². The zero-order valence-corrected chi connectivity index (χ0v) is 9.22. The normalized spacial score (nSPS) is 21.7. The van der Waals surface area contributed by atoms with E-state index in [1.54, 1.807) is 0 Å². The molecule has 1 aliphatic heterocycles. The molecule has 0 radical (unpaired) electrons. The third kappa shape index (κ3) is 1.93. The highest BCUT2D eigenvalue weighted by Crippen LogP contribution is 2.17. The molecular formula is C10H16ClN3. The van der Waals surface area contributed by atoms with E-state index < -0.39 is 0 Å². The molecule has 3 nitrogen and oxygen atoms in total. The van der Waals surface area contributed by atoms with E-state index in [9.17, 15) is 0 Å². The van der Waals surface area contributed by atoms with Crippen LogP contribution in [0.3, 0.4) is 0 Å². The van der Waals surface area contributed by atoms with Crippen molar-refractivity contribution in [2.75, 3.05) is 6.54 Å². The standard InChI is InChI=1S/C10H16ClN3/c1-2-8-6-13-14(10(8)11)7-9-4-3-5-12-9/h6,9,12H,2-5,7H2,1H3. The van der Waals surface area contributed by atoms with E-state index in [1.165, 1.54) is 12.8 Å². The number of hydrogen-bond acceptors (Lipinski definition) is 2. The van der Waals surface area contributed by atoms with Crippen LogP contribution in [0.15, 0.2) is 6.20 Å². The monoisotopic (exact) mass is 213 g/mol. The van der Waals surface area contributed by atoms with Gasteiger partial charge in [0.25, 0.3) is 0 Å². The van der Waals surface area contributed by atoms with Crippen molar-refractivity contribution in [1.82, 2.24) is 15.1 Å². The molecule has 1 fully saturated rings. The van der Waals surface area contributed by atoms with E-state index in [0.717, 1.165) is 30.2 Å². The van der Waals surface area contributed by atoms with Gasteiger partial charge in [0.05, 0.1) is 12.7 Å². The average Bonchev–Trinajstić information content (AvgIpc) is 2.79. The highest BCUT2D eigenvalue weighted by molar-refractivity contribution is 6.30. The number of aryl methyl sites for hydroxylation is 1. The van der Waals surface area contributed by atoms with Crippen molar-refractivity contribution in [3.05, 3.63) is 16.9 Å². The van der Waals surface area contributed by atoms with Crippen LogP contribution in [0.25, 0.3) is 0 Å². The van der Waals surface area contributed by atoms with Crippen LogP contribution < -0.4 is 5.32 Å². The second-order valence-electron chi connectivity index (χ2n) is 3.79. The fraction of sp³-hybridized carbons (Fsp3) is 0.700. The van der Waals surface area contributed by atoms with E-state index in [1.807, 2.05) is 10.9 Å². The second-order valence-corrected chi connectivity index (χ2v) is 4.15. The molecule has 1 aromatic heterocycles. The van der Waals surface area contributed by atoms with E-state index in [0.29, 0.717) is 6.04 Å². The SMILES string of the molecule is CCc1cnn(CC2CCCN2)c1Cl. The number of rotatable bonds is 3. The lowest BCUT2D eigenvalue weighted by Gasteiger charge is -2.10. The molecule has 0 aliphatic carbocycles. The number of halogens is 1. The first kappa shape index (κ1) is 9.99. The van der Waals surface area contributed by atoms with Gasteiger partial charge < -0.3 is 5.32 Å². The molecule has 0 saturated carbocycles. The molecule has 1 unspecified atom stereocenters. The van der Waals surface area contributed by atoms with Crippen LogP contribution in [0.4, 0.5) is 0 Å². The first-order chi connectivity index (χ1) is 6.81. The molecule has 1 atom stereocenters. The Morgan fingerprint density at radius 1 is 1.71 bits per heavy atom. The van der Waals surface area contributed by atoms with E-state index in [2.05, 4.69) is 17.3 Å². The predicted octanol–water partition coefficient (Wildman–Crippen LogP) is 1.85. The lowest BCUT2D eigenvalue weighted by atomic mass is 10.2. The van der Waals surface area contributed by atoms with Crippen LogP contribution in [-0.2, 0) is 13.0 Å². The van der Waals surface area contributed by atoms with Crippen LogP contribution in [0.2, 0.25) is 5.15 Å². The molecule has 2 heterocycles. The van der Waals surface area contributed by atoms with E-state index >= 15 is 0 Å². The third-order valence-corrected chi connectivity index (χ3v) is 3.22. The number of aromatic nitrogens is 2. The first-order valence-corrected chi connectivity index (χ1v) is 5.62. The molecule has 1 aromatic rings. The maximum Gasteiger partial charge on any atom is 0.130 e. The summed E-state index contributed by atoms with van der Waals surface area (Å²) in [7, 11) is 0. The Kier molecular flexibility index (Phi) is 3.08. The average molecular weight is 214 g/mol. The van der Waals surface area contributed by atoms with Crippen LogP contribution in [-0.4, -0.2) is 22.4 Å². The molecule has 4 heteroatoms. The molecule has 0 bridgehead atoms. The van der Waals surface area contributed by atoms with Crippen molar-refractivity contribution >= 4 is 11.6 Å². The molecule has 1 saturated heterocycles. The summed E-state index contributed by atoms with van der Waals surface area (Å²) < 4.78 is 1.91. The van der Waals surface area contributed by atoms with Crippen molar-refractivity contribution in [2.45, 2.75) is 38.8 Å². The molecular weight excluding hydrogens is 198 g/mol. The lowest BCUT2D eigenvalue weighted by Crippen LogP contribution is -2.27. The van der Waals surface area contributed by atoms with E-state index in [-0.39, 0.29) is 0 Å². The highest BCUT2D eigenvalue weighted by Gasteiger charge is 2.16. The quantitative estimate of drug-likeness (QED) is 0.831. The summed E-state index contributed by atoms with van der Waals surface area (Å²) in [4.78, 5) is 0. The van der Waals surface area contributed by atoms with Gasteiger partial charge in [-0.1, -0.05) is 18.5 Å². The van der Waals surface area contributed by atoms with Crippen LogP contribution in [0, 0.1) is 0 Å². The Morgan fingerprint density at radius 2 is 2.57 bits per heavy atom. The Hall–Kier alpha value is -0.540. The Morgan fingerprint density at radius 3 is 3.14 bits per heavy atom. The number of nitrogens with one attached hydrogen (secondary N) is 1. The summed E-state index contributed by atoms with van der Waals surface area (Å²) in [5.74, 6) is 0. The lowest BCUT2D eigenvalue weighted by molar-refractivity contribution is 0.476. The summed E-state index contributed by atoms with van der Waals surface area (Å²) in [5.41, 5.74) is 1.14. The van der Waals surface area contributed by atoms with Gasteiger partial charge in [0.1, 0.15) is 5.15 Å². The van der Waals surface area contributed by atoms with Crippen molar-refractivity contribution in [3.8, 4) is 0 Å². The fourth-order valence-corrected chi connectivity index (χ4v) is 2.19.